The zero-order valence-corrected chi connectivity index (χ0v) is 10.5. The molecule has 3 aromatic rings. The molecule has 1 aromatic heterocycles. The van der Waals surface area contributed by atoms with E-state index in [1.54, 1.807) is 23.5 Å². The number of rotatable bonds is 2. The highest BCUT2D eigenvalue weighted by Gasteiger charge is 2.14. The van der Waals surface area contributed by atoms with E-state index in [9.17, 15) is 4.79 Å². The van der Waals surface area contributed by atoms with Crippen molar-refractivity contribution < 1.29 is 14.6 Å². The van der Waals surface area contributed by atoms with E-state index >= 15 is 0 Å². The minimum Gasteiger partial charge on any atom is -0.496 e. The summed E-state index contributed by atoms with van der Waals surface area (Å²) in [6, 6.07) is 11.5. The van der Waals surface area contributed by atoms with Crippen LogP contribution in [-0.2, 0) is 0 Å². The van der Waals surface area contributed by atoms with E-state index in [0.29, 0.717) is 5.75 Å². The van der Waals surface area contributed by atoms with E-state index in [-0.39, 0.29) is 5.56 Å². The third kappa shape index (κ3) is 1.54. The molecule has 3 rings (SSSR count). The first kappa shape index (κ1) is 11.0. The molecule has 0 fully saturated rings. The minimum absolute atomic E-state index is 0.205. The van der Waals surface area contributed by atoms with Crippen molar-refractivity contribution in [2.45, 2.75) is 0 Å². The van der Waals surface area contributed by atoms with Gasteiger partial charge >= 0.3 is 5.97 Å². The van der Waals surface area contributed by atoms with Crippen LogP contribution < -0.4 is 4.74 Å². The van der Waals surface area contributed by atoms with Crippen molar-refractivity contribution in [1.29, 1.82) is 0 Å². The molecule has 90 valence electrons. The normalized spacial score (nSPS) is 10.9. The number of aromatic carboxylic acids is 1. The molecule has 0 bridgehead atoms. The fourth-order valence-electron chi connectivity index (χ4n) is 2.09. The van der Waals surface area contributed by atoms with Crippen molar-refractivity contribution in [2.24, 2.45) is 0 Å². The summed E-state index contributed by atoms with van der Waals surface area (Å²) in [5.74, 6) is -0.565. The van der Waals surface area contributed by atoms with Gasteiger partial charge in [0, 0.05) is 20.2 Å². The number of carbonyl (C=O) groups is 1. The Balaban J connectivity index is 2.43. The fourth-order valence-corrected chi connectivity index (χ4v) is 3.21. The summed E-state index contributed by atoms with van der Waals surface area (Å²) < 4.78 is 7.27. The Kier molecular flexibility index (Phi) is 2.45. The second kappa shape index (κ2) is 3.99. The van der Waals surface area contributed by atoms with Crippen molar-refractivity contribution >= 4 is 37.5 Å². The zero-order valence-electron chi connectivity index (χ0n) is 9.64. The number of carboxylic acids is 1. The Hall–Kier alpha value is -2.07. The standard InChI is InChI=1S/C14H10O3S/c1-17-11-6-9-8-4-2-3-5-12(8)18-13(9)7-10(11)14(15)16/h2-7H,1H3,(H,15,16). The molecule has 2 aromatic carbocycles. The predicted octanol–water partition coefficient (Wildman–Crippen LogP) is 3.76. The monoisotopic (exact) mass is 258 g/mol. The Bertz CT molecular complexity index is 758. The van der Waals surface area contributed by atoms with Gasteiger partial charge in [-0.1, -0.05) is 18.2 Å². The largest absolute Gasteiger partial charge is 0.496 e. The summed E-state index contributed by atoms with van der Waals surface area (Å²) in [6.07, 6.45) is 0. The molecule has 0 aliphatic rings. The number of hydrogen-bond donors (Lipinski definition) is 1. The van der Waals surface area contributed by atoms with Crippen LogP contribution in [0.5, 0.6) is 5.75 Å². The highest BCUT2D eigenvalue weighted by Crippen LogP contribution is 2.37. The molecule has 0 radical (unpaired) electrons. The van der Waals surface area contributed by atoms with E-state index < -0.39 is 5.97 Å². The van der Waals surface area contributed by atoms with Gasteiger partial charge in [0.25, 0.3) is 0 Å². The van der Waals surface area contributed by atoms with Crippen LogP contribution in [-0.4, -0.2) is 18.2 Å². The number of methoxy groups -OCH3 is 1. The maximum absolute atomic E-state index is 11.2. The lowest BCUT2D eigenvalue weighted by Crippen LogP contribution is -1.99. The lowest BCUT2D eigenvalue weighted by Gasteiger charge is -2.04. The highest BCUT2D eigenvalue weighted by molar-refractivity contribution is 7.25. The van der Waals surface area contributed by atoms with Gasteiger partial charge in [-0.3, -0.25) is 0 Å². The average molecular weight is 258 g/mol. The van der Waals surface area contributed by atoms with Gasteiger partial charge in [0.1, 0.15) is 11.3 Å². The topological polar surface area (TPSA) is 46.5 Å². The SMILES string of the molecule is COc1cc2c(cc1C(=O)O)sc1ccccc12. The van der Waals surface area contributed by atoms with Gasteiger partial charge in [-0.2, -0.15) is 0 Å². The molecule has 0 atom stereocenters. The first-order chi connectivity index (χ1) is 8.70. The van der Waals surface area contributed by atoms with E-state index in [4.69, 9.17) is 9.84 Å². The average Bonchev–Trinajstić information content (AvgIpc) is 2.74. The van der Waals surface area contributed by atoms with E-state index in [0.717, 1.165) is 20.2 Å². The van der Waals surface area contributed by atoms with Crippen LogP contribution in [0.4, 0.5) is 0 Å². The molecular formula is C14H10O3S. The first-order valence-electron chi connectivity index (χ1n) is 5.43. The second-order valence-electron chi connectivity index (χ2n) is 3.95. The van der Waals surface area contributed by atoms with Crippen molar-refractivity contribution in [3.63, 3.8) is 0 Å². The summed E-state index contributed by atoms with van der Waals surface area (Å²) in [4.78, 5) is 11.2. The molecular weight excluding hydrogens is 248 g/mol. The van der Waals surface area contributed by atoms with Gasteiger partial charge in [0.15, 0.2) is 0 Å². The minimum atomic E-state index is -0.966. The molecule has 1 heterocycles. The summed E-state index contributed by atoms with van der Waals surface area (Å²) in [5, 5.41) is 11.3. The van der Waals surface area contributed by atoms with Crippen LogP contribution in [0.3, 0.4) is 0 Å². The van der Waals surface area contributed by atoms with Gasteiger partial charge in [-0.15, -0.1) is 11.3 Å². The van der Waals surface area contributed by atoms with Crippen LogP contribution in [0.15, 0.2) is 36.4 Å². The lowest BCUT2D eigenvalue weighted by molar-refractivity contribution is 0.0693. The second-order valence-corrected chi connectivity index (χ2v) is 5.04. The third-order valence-corrected chi connectivity index (χ3v) is 4.06. The van der Waals surface area contributed by atoms with Crippen LogP contribution in [0.2, 0.25) is 0 Å². The molecule has 0 aliphatic heterocycles. The number of thiophene rings is 1. The molecule has 0 saturated carbocycles. The smallest absolute Gasteiger partial charge is 0.339 e. The van der Waals surface area contributed by atoms with Crippen LogP contribution in [0.25, 0.3) is 20.2 Å². The zero-order chi connectivity index (χ0) is 12.7. The van der Waals surface area contributed by atoms with Gasteiger partial charge in [0.2, 0.25) is 0 Å². The fraction of sp³-hybridized carbons (Fsp3) is 0.0714. The third-order valence-electron chi connectivity index (χ3n) is 2.93. The van der Waals surface area contributed by atoms with E-state index in [1.807, 2.05) is 24.3 Å². The predicted molar refractivity (Wildman–Crippen MR) is 72.8 cm³/mol. The van der Waals surface area contributed by atoms with Gasteiger partial charge in [-0.05, 0) is 18.2 Å². The molecule has 0 saturated heterocycles. The number of benzene rings is 2. The molecule has 3 nitrogen and oxygen atoms in total. The molecule has 0 amide bonds. The van der Waals surface area contributed by atoms with Crippen LogP contribution >= 0.6 is 11.3 Å². The summed E-state index contributed by atoms with van der Waals surface area (Å²) in [5.41, 5.74) is 0.205. The van der Waals surface area contributed by atoms with Gasteiger partial charge in [-0.25, -0.2) is 4.79 Å². The Labute approximate surface area is 107 Å². The van der Waals surface area contributed by atoms with E-state index in [1.165, 1.54) is 7.11 Å². The van der Waals surface area contributed by atoms with Gasteiger partial charge < -0.3 is 9.84 Å². The first-order valence-corrected chi connectivity index (χ1v) is 6.25. The quantitative estimate of drug-likeness (QED) is 0.761. The number of fused-ring (bicyclic) bond motifs is 3. The lowest BCUT2D eigenvalue weighted by atomic mass is 10.1. The summed E-state index contributed by atoms with van der Waals surface area (Å²) >= 11 is 1.59. The number of ether oxygens (including phenoxy) is 1. The summed E-state index contributed by atoms with van der Waals surface area (Å²) in [7, 11) is 1.49. The molecule has 0 unspecified atom stereocenters. The molecule has 0 aliphatic carbocycles. The maximum atomic E-state index is 11.2. The maximum Gasteiger partial charge on any atom is 0.339 e. The van der Waals surface area contributed by atoms with Crippen LogP contribution in [0.1, 0.15) is 10.4 Å². The Morgan fingerprint density at radius 1 is 1.17 bits per heavy atom. The van der Waals surface area contributed by atoms with Gasteiger partial charge in [0.05, 0.1) is 7.11 Å². The Morgan fingerprint density at radius 2 is 1.94 bits per heavy atom. The molecule has 1 N–H and O–H groups in total. The molecule has 4 heteroatoms. The van der Waals surface area contributed by atoms with Crippen molar-refractivity contribution in [1.82, 2.24) is 0 Å². The molecule has 18 heavy (non-hydrogen) atoms. The van der Waals surface area contributed by atoms with E-state index in [2.05, 4.69) is 0 Å². The molecule has 0 spiro atoms. The summed E-state index contributed by atoms with van der Waals surface area (Å²) in [6.45, 7) is 0. The van der Waals surface area contributed by atoms with Crippen molar-refractivity contribution in [3.05, 3.63) is 42.0 Å². The number of hydrogen-bond acceptors (Lipinski definition) is 3. The highest BCUT2D eigenvalue weighted by atomic mass is 32.1. The number of carboxylic acid groups (broad SMARTS) is 1. The van der Waals surface area contributed by atoms with Crippen LogP contribution in [0, 0.1) is 0 Å². The Morgan fingerprint density at radius 3 is 2.67 bits per heavy atom. The van der Waals surface area contributed by atoms with Crippen molar-refractivity contribution in [3.8, 4) is 5.75 Å². The van der Waals surface area contributed by atoms with Crippen molar-refractivity contribution in [2.75, 3.05) is 7.11 Å².